The Balaban J connectivity index is 3.13. The Bertz CT molecular complexity index is 700. The molecule has 0 unspecified atom stereocenters. The molecule has 1 atom stereocenters. The summed E-state index contributed by atoms with van der Waals surface area (Å²) in [5.74, 6) is 0.723. The first-order chi connectivity index (χ1) is 12.1. The fraction of sp³-hybridized carbons (Fsp3) is 0.632. The van der Waals surface area contributed by atoms with Crippen LogP contribution in [0.3, 0.4) is 0 Å². The molecule has 1 aromatic carbocycles. The second-order valence-corrected chi connectivity index (χ2v) is 8.65. The molecule has 7 heteroatoms. The van der Waals surface area contributed by atoms with Gasteiger partial charge in [0.1, 0.15) is 0 Å². The smallest absolute Gasteiger partial charge is 0.309 e. The van der Waals surface area contributed by atoms with E-state index in [0.29, 0.717) is 18.7 Å². The Kier molecular flexibility index (Phi) is 8.40. The van der Waals surface area contributed by atoms with Crippen LogP contribution in [0.2, 0.25) is 0 Å². The molecule has 1 aromatic rings. The molecule has 0 fully saturated rings. The number of carbonyl (C=O) groups is 1. The Morgan fingerprint density at radius 2 is 1.81 bits per heavy atom. The van der Waals surface area contributed by atoms with Crippen LogP contribution in [0, 0.1) is 5.92 Å². The first-order valence-corrected chi connectivity index (χ1v) is 10.6. The van der Waals surface area contributed by atoms with Crippen molar-refractivity contribution >= 4 is 16.0 Å². The Morgan fingerprint density at radius 1 is 1.15 bits per heavy atom. The number of rotatable bonds is 10. The summed E-state index contributed by atoms with van der Waals surface area (Å²) in [6, 6.07) is 5.20. The molecule has 1 rings (SSSR count). The van der Waals surface area contributed by atoms with Crippen LogP contribution in [-0.4, -0.2) is 38.1 Å². The van der Waals surface area contributed by atoms with Crippen LogP contribution in [0.15, 0.2) is 18.2 Å². The van der Waals surface area contributed by atoms with E-state index in [9.17, 15) is 13.2 Å². The van der Waals surface area contributed by atoms with E-state index in [1.54, 1.807) is 12.1 Å². The van der Waals surface area contributed by atoms with E-state index >= 15 is 0 Å². The number of ether oxygens (including phenoxy) is 1. The summed E-state index contributed by atoms with van der Waals surface area (Å²) < 4.78 is 34.0. The minimum atomic E-state index is -3.66. The molecule has 26 heavy (non-hydrogen) atoms. The van der Waals surface area contributed by atoms with Gasteiger partial charge in [-0.25, -0.2) is 0 Å². The number of benzene rings is 1. The van der Waals surface area contributed by atoms with Crippen molar-refractivity contribution in [1.82, 2.24) is 4.90 Å². The van der Waals surface area contributed by atoms with Gasteiger partial charge < -0.3 is 13.8 Å². The molecule has 1 amide bonds. The van der Waals surface area contributed by atoms with Gasteiger partial charge in [-0.2, -0.15) is 8.42 Å². The predicted octanol–water partition coefficient (Wildman–Crippen LogP) is 3.60. The third-order valence-electron chi connectivity index (χ3n) is 4.18. The Hall–Kier alpha value is -1.76. The highest BCUT2D eigenvalue weighted by atomic mass is 32.2. The van der Waals surface area contributed by atoms with Gasteiger partial charge in [0, 0.05) is 19.0 Å². The average Bonchev–Trinajstić information content (AvgIpc) is 2.58. The number of methoxy groups -OCH3 is 1. The van der Waals surface area contributed by atoms with E-state index in [4.69, 9.17) is 8.92 Å². The number of amides is 1. The lowest BCUT2D eigenvalue weighted by molar-refractivity contribution is -0.134. The standard InChI is InChI=1S/C19H31NO5S/c1-7-15(5)20(19(21)11-14(3)4)13-16-9-10-17(24-6)18(12-16)25-26(22,23)8-2/h9-10,12,14-15H,7-8,11,13H2,1-6H3/t15-/m1/s1. The van der Waals surface area contributed by atoms with Gasteiger partial charge in [-0.3, -0.25) is 4.79 Å². The number of carbonyl (C=O) groups excluding carboxylic acids is 1. The minimum absolute atomic E-state index is 0.0899. The molecule has 0 spiro atoms. The van der Waals surface area contributed by atoms with Crippen LogP contribution in [0.1, 0.15) is 53.0 Å². The van der Waals surface area contributed by atoms with Crippen molar-refractivity contribution in [3.8, 4) is 11.5 Å². The maximum atomic E-state index is 12.6. The van der Waals surface area contributed by atoms with E-state index in [2.05, 4.69) is 0 Å². The number of nitrogens with zero attached hydrogens (tertiary/aromatic N) is 1. The van der Waals surface area contributed by atoms with E-state index < -0.39 is 10.1 Å². The average molecular weight is 386 g/mol. The molecular weight excluding hydrogens is 354 g/mol. The molecule has 0 aliphatic rings. The van der Waals surface area contributed by atoms with Crippen molar-refractivity contribution in [3.63, 3.8) is 0 Å². The van der Waals surface area contributed by atoms with Gasteiger partial charge in [-0.1, -0.05) is 26.8 Å². The van der Waals surface area contributed by atoms with Crippen molar-refractivity contribution in [3.05, 3.63) is 23.8 Å². The third-order valence-corrected chi connectivity index (χ3v) is 5.32. The van der Waals surface area contributed by atoms with Gasteiger partial charge in [0.25, 0.3) is 0 Å². The monoisotopic (exact) mass is 385 g/mol. The molecule has 6 nitrogen and oxygen atoms in total. The van der Waals surface area contributed by atoms with E-state index in [1.165, 1.54) is 14.0 Å². The molecule has 0 heterocycles. The summed E-state index contributed by atoms with van der Waals surface area (Å²) in [6.07, 6.45) is 1.32. The zero-order valence-electron chi connectivity index (χ0n) is 16.6. The van der Waals surface area contributed by atoms with Crippen LogP contribution >= 0.6 is 0 Å². The van der Waals surface area contributed by atoms with Crippen LogP contribution in [-0.2, 0) is 21.5 Å². The maximum Gasteiger partial charge on any atom is 0.309 e. The summed E-state index contributed by atoms with van der Waals surface area (Å²) in [5, 5.41) is 0. The first-order valence-electron chi connectivity index (χ1n) is 9.02. The molecule has 148 valence electrons. The van der Waals surface area contributed by atoms with Gasteiger partial charge in [0.2, 0.25) is 5.91 Å². The topological polar surface area (TPSA) is 72.9 Å². The second-order valence-electron chi connectivity index (χ2n) is 6.79. The first kappa shape index (κ1) is 22.3. The van der Waals surface area contributed by atoms with Crippen LogP contribution in [0.5, 0.6) is 11.5 Å². The molecule has 0 saturated carbocycles. The maximum absolute atomic E-state index is 12.6. The highest BCUT2D eigenvalue weighted by Gasteiger charge is 2.21. The lowest BCUT2D eigenvalue weighted by Crippen LogP contribution is -2.38. The third kappa shape index (κ3) is 6.52. The van der Waals surface area contributed by atoms with Crippen molar-refractivity contribution < 1.29 is 22.1 Å². The Morgan fingerprint density at radius 3 is 2.31 bits per heavy atom. The summed E-state index contributed by atoms with van der Waals surface area (Å²) >= 11 is 0. The van der Waals surface area contributed by atoms with Crippen molar-refractivity contribution in [2.45, 2.75) is 60.0 Å². The summed E-state index contributed by atoms with van der Waals surface area (Å²) in [4.78, 5) is 14.4. The van der Waals surface area contributed by atoms with Crippen LogP contribution < -0.4 is 8.92 Å². The fourth-order valence-corrected chi connectivity index (χ4v) is 2.98. The van der Waals surface area contributed by atoms with Crippen molar-refractivity contribution in [2.24, 2.45) is 5.92 Å². The molecule has 0 saturated heterocycles. The van der Waals surface area contributed by atoms with Crippen molar-refractivity contribution in [1.29, 1.82) is 0 Å². The molecular formula is C19H31NO5S. The number of hydrogen-bond donors (Lipinski definition) is 0. The molecule has 0 aromatic heterocycles. The Labute approximate surface area is 157 Å². The van der Waals surface area contributed by atoms with E-state index in [-0.39, 0.29) is 29.4 Å². The molecule has 0 N–H and O–H groups in total. The normalized spacial score (nSPS) is 12.7. The highest BCUT2D eigenvalue weighted by Crippen LogP contribution is 2.30. The van der Waals surface area contributed by atoms with Crippen LogP contribution in [0.25, 0.3) is 0 Å². The molecule has 0 aliphatic carbocycles. The van der Waals surface area contributed by atoms with Gasteiger partial charge in [-0.15, -0.1) is 0 Å². The minimum Gasteiger partial charge on any atom is -0.493 e. The predicted molar refractivity (Wildman–Crippen MR) is 103 cm³/mol. The van der Waals surface area contributed by atoms with Crippen LogP contribution in [0.4, 0.5) is 0 Å². The van der Waals surface area contributed by atoms with Crippen molar-refractivity contribution in [2.75, 3.05) is 12.9 Å². The zero-order chi connectivity index (χ0) is 19.9. The SMILES string of the molecule is CC[C@@H](C)N(Cc1ccc(OC)c(OS(=O)(=O)CC)c1)C(=O)CC(C)C. The van der Waals surface area contributed by atoms with Gasteiger partial charge in [0.05, 0.1) is 12.9 Å². The molecule has 0 radical (unpaired) electrons. The zero-order valence-corrected chi connectivity index (χ0v) is 17.4. The highest BCUT2D eigenvalue weighted by molar-refractivity contribution is 7.87. The largest absolute Gasteiger partial charge is 0.493 e. The second kappa shape index (κ2) is 9.80. The van der Waals surface area contributed by atoms with Gasteiger partial charge >= 0.3 is 10.1 Å². The quantitative estimate of drug-likeness (QED) is 0.576. The summed E-state index contributed by atoms with van der Waals surface area (Å²) in [6.45, 7) is 9.99. The van der Waals surface area contributed by atoms with Gasteiger partial charge in [-0.05, 0) is 43.9 Å². The molecule has 0 bridgehead atoms. The van der Waals surface area contributed by atoms with E-state index in [1.807, 2.05) is 38.7 Å². The summed E-state index contributed by atoms with van der Waals surface area (Å²) in [7, 11) is -2.21. The number of hydrogen-bond acceptors (Lipinski definition) is 5. The summed E-state index contributed by atoms with van der Waals surface area (Å²) in [5.41, 5.74) is 0.796. The lowest BCUT2D eigenvalue weighted by Gasteiger charge is -2.29. The lowest BCUT2D eigenvalue weighted by atomic mass is 10.1. The molecule has 0 aliphatic heterocycles. The fourth-order valence-electron chi connectivity index (χ4n) is 2.45. The van der Waals surface area contributed by atoms with E-state index in [0.717, 1.165) is 12.0 Å². The van der Waals surface area contributed by atoms with Gasteiger partial charge in [0.15, 0.2) is 11.5 Å².